The number of nitrogens with zero attached hydrogens (tertiary/aromatic N) is 1. The molecule has 7 heteroatoms. The molecule has 0 unspecified atom stereocenters. The maximum absolute atomic E-state index is 12.0. The quantitative estimate of drug-likeness (QED) is 0.651. The maximum Gasteiger partial charge on any atom is 0.276 e. The van der Waals surface area contributed by atoms with E-state index in [1.165, 1.54) is 18.3 Å². The van der Waals surface area contributed by atoms with Crippen LogP contribution in [0.2, 0.25) is 0 Å². The first-order valence-electron chi connectivity index (χ1n) is 5.96. The van der Waals surface area contributed by atoms with Gasteiger partial charge in [0.05, 0.1) is 18.2 Å². The van der Waals surface area contributed by atoms with Gasteiger partial charge in [-0.05, 0) is 36.4 Å². The first kappa shape index (κ1) is 15.5. The lowest BCUT2D eigenvalue weighted by molar-refractivity contribution is 0.414. The van der Waals surface area contributed by atoms with Crippen molar-refractivity contribution in [2.75, 3.05) is 7.11 Å². The van der Waals surface area contributed by atoms with Crippen LogP contribution in [0.15, 0.2) is 63.0 Å². The van der Waals surface area contributed by atoms with E-state index in [2.05, 4.69) is 25.9 Å². The van der Waals surface area contributed by atoms with Crippen LogP contribution in [0.5, 0.6) is 5.75 Å². The molecule has 0 aliphatic carbocycles. The Morgan fingerprint density at radius 3 is 2.48 bits per heavy atom. The molecule has 0 aliphatic heterocycles. The molecule has 2 aromatic carbocycles. The van der Waals surface area contributed by atoms with Gasteiger partial charge in [0.1, 0.15) is 5.75 Å². The third-order valence-corrected chi connectivity index (χ3v) is 4.41. The van der Waals surface area contributed by atoms with Gasteiger partial charge in [0.15, 0.2) is 0 Å². The number of methoxy groups -OCH3 is 1. The van der Waals surface area contributed by atoms with Crippen molar-refractivity contribution < 1.29 is 13.2 Å². The molecule has 0 atom stereocenters. The summed E-state index contributed by atoms with van der Waals surface area (Å²) in [6.07, 6.45) is 1.40. The minimum atomic E-state index is -3.68. The van der Waals surface area contributed by atoms with Gasteiger partial charge in [-0.3, -0.25) is 0 Å². The van der Waals surface area contributed by atoms with E-state index in [-0.39, 0.29) is 4.90 Å². The van der Waals surface area contributed by atoms with Gasteiger partial charge >= 0.3 is 0 Å². The zero-order valence-corrected chi connectivity index (χ0v) is 13.6. The van der Waals surface area contributed by atoms with Crippen LogP contribution in [0, 0.1) is 0 Å². The number of halogens is 1. The van der Waals surface area contributed by atoms with Gasteiger partial charge in [0.2, 0.25) is 0 Å². The third-order valence-electron chi connectivity index (χ3n) is 2.64. The number of hydrogen-bond donors (Lipinski definition) is 1. The minimum Gasteiger partial charge on any atom is -0.496 e. The standard InChI is InChI=1S/C14H13BrN2O3S/c1-20-14-5-3-2-4-11(14)10-16-17-21(18,19)13-8-6-12(15)7-9-13/h2-10,17H,1H3/b16-10+. The van der Waals surface area contributed by atoms with Crippen LogP contribution in [0.4, 0.5) is 0 Å². The van der Waals surface area contributed by atoms with Crippen LogP contribution in [-0.4, -0.2) is 21.7 Å². The van der Waals surface area contributed by atoms with Crippen LogP contribution in [0.1, 0.15) is 5.56 Å². The molecule has 0 spiro atoms. The number of para-hydroxylation sites is 1. The van der Waals surface area contributed by atoms with Gasteiger partial charge in [0, 0.05) is 10.0 Å². The average molecular weight is 369 g/mol. The van der Waals surface area contributed by atoms with Crippen molar-refractivity contribution in [2.24, 2.45) is 5.10 Å². The van der Waals surface area contributed by atoms with E-state index in [4.69, 9.17) is 4.74 Å². The second kappa shape index (κ2) is 6.73. The number of nitrogens with one attached hydrogen (secondary N) is 1. The van der Waals surface area contributed by atoms with E-state index in [0.29, 0.717) is 11.3 Å². The summed E-state index contributed by atoms with van der Waals surface area (Å²) in [6, 6.07) is 13.5. The lowest BCUT2D eigenvalue weighted by Crippen LogP contribution is -2.18. The Labute approximate surface area is 131 Å². The lowest BCUT2D eigenvalue weighted by Gasteiger charge is -2.05. The summed E-state index contributed by atoms with van der Waals surface area (Å²) in [4.78, 5) is 2.31. The van der Waals surface area contributed by atoms with Crippen LogP contribution in [0.3, 0.4) is 0 Å². The Bertz CT molecular complexity index is 743. The summed E-state index contributed by atoms with van der Waals surface area (Å²) in [5.41, 5.74) is 0.679. The monoisotopic (exact) mass is 368 g/mol. The topological polar surface area (TPSA) is 67.8 Å². The summed E-state index contributed by atoms with van der Waals surface area (Å²) >= 11 is 3.25. The molecule has 0 amide bonds. The molecular weight excluding hydrogens is 356 g/mol. The number of sulfonamides is 1. The molecular formula is C14H13BrN2O3S. The Morgan fingerprint density at radius 2 is 1.81 bits per heavy atom. The Morgan fingerprint density at radius 1 is 1.14 bits per heavy atom. The van der Waals surface area contributed by atoms with E-state index >= 15 is 0 Å². The van der Waals surface area contributed by atoms with Gasteiger partial charge < -0.3 is 4.74 Å². The normalized spacial score (nSPS) is 11.5. The summed E-state index contributed by atoms with van der Waals surface area (Å²) < 4.78 is 30.0. The number of hydrogen-bond acceptors (Lipinski definition) is 4. The molecule has 0 bridgehead atoms. The molecule has 110 valence electrons. The van der Waals surface area contributed by atoms with Crippen molar-refractivity contribution >= 4 is 32.2 Å². The summed E-state index contributed by atoms with van der Waals surface area (Å²) in [5.74, 6) is 0.615. The third kappa shape index (κ3) is 4.05. The van der Waals surface area contributed by atoms with E-state index < -0.39 is 10.0 Å². The first-order chi connectivity index (χ1) is 10.0. The smallest absolute Gasteiger partial charge is 0.276 e. The van der Waals surface area contributed by atoms with Gasteiger partial charge in [-0.2, -0.15) is 13.5 Å². The predicted octanol–water partition coefficient (Wildman–Crippen LogP) is 2.77. The molecule has 0 aromatic heterocycles. The minimum absolute atomic E-state index is 0.142. The highest BCUT2D eigenvalue weighted by Crippen LogP contribution is 2.16. The van der Waals surface area contributed by atoms with Crippen molar-refractivity contribution in [3.63, 3.8) is 0 Å². The Kier molecular flexibility index (Phi) is 4.98. The molecule has 2 aromatic rings. The molecule has 21 heavy (non-hydrogen) atoms. The number of ether oxygens (including phenoxy) is 1. The highest BCUT2D eigenvalue weighted by Gasteiger charge is 2.12. The van der Waals surface area contributed by atoms with Gasteiger partial charge in [0.25, 0.3) is 10.0 Å². The van der Waals surface area contributed by atoms with E-state index in [9.17, 15) is 8.42 Å². The number of rotatable bonds is 5. The molecule has 0 heterocycles. The van der Waals surface area contributed by atoms with Gasteiger partial charge in [-0.1, -0.05) is 28.1 Å². The lowest BCUT2D eigenvalue weighted by atomic mass is 10.2. The zero-order valence-electron chi connectivity index (χ0n) is 11.2. The predicted molar refractivity (Wildman–Crippen MR) is 85.1 cm³/mol. The van der Waals surface area contributed by atoms with E-state index in [1.807, 2.05) is 12.1 Å². The molecule has 0 radical (unpaired) electrons. The fourth-order valence-corrected chi connectivity index (χ4v) is 2.66. The van der Waals surface area contributed by atoms with Crippen molar-refractivity contribution in [2.45, 2.75) is 4.90 Å². The summed E-state index contributed by atoms with van der Waals surface area (Å²) in [5, 5.41) is 3.77. The summed E-state index contributed by atoms with van der Waals surface area (Å²) in [6.45, 7) is 0. The van der Waals surface area contributed by atoms with Gasteiger partial charge in [-0.15, -0.1) is 0 Å². The second-order valence-electron chi connectivity index (χ2n) is 4.05. The molecule has 1 N–H and O–H groups in total. The van der Waals surface area contributed by atoms with E-state index in [0.717, 1.165) is 4.47 Å². The van der Waals surface area contributed by atoms with Crippen molar-refractivity contribution in [3.8, 4) is 5.75 Å². The molecule has 5 nitrogen and oxygen atoms in total. The molecule has 0 fully saturated rings. The van der Waals surface area contributed by atoms with Crippen LogP contribution < -0.4 is 9.57 Å². The van der Waals surface area contributed by atoms with Crippen molar-refractivity contribution in [1.29, 1.82) is 0 Å². The number of hydrazone groups is 1. The van der Waals surface area contributed by atoms with Crippen LogP contribution >= 0.6 is 15.9 Å². The second-order valence-corrected chi connectivity index (χ2v) is 6.63. The molecule has 0 aliphatic rings. The average Bonchev–Trinajstić information content (AvgIpc) is 2.48. The molecule has 0 saturated carbocycles. The van der Waals surface area contributed by atoms with Crippen molar-refractivity contribution in [1.82, 2.24) is 4.83 Å². The van der Waals surface area contributed by atoms with Crippen LogP contribution in [-0.2, 0) is 10.0 Å². The zero-order chi connectivity index (χ0) is 15.3. The van der Waals surface area contributed by atoms with Crippen molar-refractivity contribution in [3.05, 3.63) is 58.6 Å². The Hall–Kier alpha value is -1.86. The van der Waals surface area contributed by atoms with Gasteiger partial charge in [-0.25, -0.2) is 4.83 Å². The first-order valence-corrected chi connectivity index (χ1v) is 8.24. The molecule has 0 saturated heterocycles. The fourth-order valence-electron chi connectivity index (χ4n) is 1.60. The van der Waals surface area contributed by atoms with Crippen LogP contribution in [0.25, 0.3) is 0 Å². The highest BCUT2D eigenvalue weighted by atomic mass is 79.9. The summed E-state index contributed by atoms with van der Waals surface area (Å²) in [7, 11) is -2.14. The Balaban J connectivity index is 2.14. The SMILES string of the molecule is COc1ccccc1/C=N/NS(=O)(=O)c1ccc(Br)cc1. The highest BCUT2D eigenvalue weighted by molar-refractivity contribution is 9.10. The maximum atomic E-state index is 12.0. The van der Waals surface area contributed by atoms with E-state index in [1.54, 1.807) is 31.4 Å². The fraction of sp³-hybridized carbons (Fsp3) is 0.0714. The number of benzene rings is 2. The largest absolute Gasteiger partial charge is 0.496 e. The molecule has 2 rings (SSSR count).